The SMILES string of the molecule is O=C(CCSc1ccc(F)c(F)c1)NC[C@H](O)C(=O)O. The van der Waals surface area contributed by atoms with Crippen LogP contribution in [0.15, 0.2) is 23.1 Å². The molecule has 1 atom stereocenters. The van der Waals surface area contributed by atoms with Crippen LogP contribution in [0.1, 0.15) is 6.42 Å². The number of aliphatic hydroxyl groups excluding tert-OH is 1. The summed E-state index contributed by atoms with van der Waals surface area (Å²) < 4.78 is 25.6. The Balaban J connectivity index is 2.28. The largest absolute Gasteiger partial charge is 0.479 e. The van der Waals surface area contributed by atoms with Crippen LogP contribution in [-0.4, -0.2) is 40.5 Å². The fourth-order valence-electron chi connectivity index (χ4n) is 1.21. The predicted molar refractivity (Wildman–Crippen MR) is 68.4 cm³/mol. The van der Waals surface area contributed by atoms with Crippen molar-refractivity contribution in [3.63, 3.8) is 0 Å². The quantitative estimate of drug-likeness (QED) is 0.655. The Hall–Kier alpha value is -1.67. The zero-order valence-corrected chi connectivity index (χ0v) is 11.1. The highest BCUT2D eigenvalue weighted by Gasteiger charge is 2.13. The van der Waals surface area contributed by atoms with Crippen LogP contribution in [0.3, 0.4) is 0 Å². The first-order valence-corrected chi connectivity index (χ1v) is 6.64. The normalized spacial score (nSPS) is 11.9. The zero-order chi connectivity index (χ0) is 15.1. The first-order valence-electron chi connectivity index (χ1n) is 5.65. The van der Waals surface area contributed by atoms with Gasteiger partial charge in [-0.05, 0) is 18.2 Å². The molecule has 0 spiro atoms. The topological polar surface area (TPSA) is 86.6 Å². The lowest BCUT2D eigenvalue weighted by Crippen LogP contribution is -2.36. The number of thioether (sulfide) groups is 1. The van der Waals surface area contributed by atoms with Crippen molar-refractivity contribution in [1.29, 1.82) is 0 Å². The molecule has 8 heteroatoms. The van der Waals surface area contributed by atoms with Crippen molar-refractivity contribution < 1.29 is 28.6 Å². The fourth-order valence-corrected chi connectivity index (χ4v) is 2.09. The predicted octanol–water partition coefficient (Wildman–Crippen LogP) is 1.01. The molecule has 0 aliphatic heterocycles. The summed E-state index contributed by atoms with van der Waals surface area (Å²) in [5.74, 6) is -3.42. The number of hydrogen-bond donors (Lipinski definition) is 3. The summed E-state index contributed by atoms with van der Waals surface area (Å²) in [6, 6.07) is 3.43. The number of amides is 1. The first-order chi connectivity index (χ1) is 9.40. The minimum Gasteiger partial charge on any atom is -0.479 e. The van der Waals surface area contributed by atoms with Crippen molar-refractivity contribution in [2.75, 3.05) is 12.3 Å². The molecule has 20 heavy (non-hydrogen) atoms. The van der Waals surface area contributed by atoms with E-state index in [1.54, 1.807) is 0 Å². The molecule has 0 aromatic heterocycles. The monoisotopic (exact) mass is 305 g/mol. The number of carbonyl (C=O) groups is 2. The summed E-state index contributed by atoms with van der Waals surface area (Å²) in [5, 5.41) is 19.6. The number of benzene rings is 1. The van der Waals surface area contributed by atoms with Gasteiger partial charge in [0.15, 0.2) is 17.7 Å². The minimum atomic E-state index is -1.64. The Morgan fingerprint density at radius 1 is 1.30 bits per heavy atom. The molecule has 5 nitrogen and oxygen atoms in total. The maximum Gasteiger partial charge on any atom is 0.334 e. The number of aliphatic hydroxyl groups is 1. The Bertz CT molecular complexity index is 498. The summed E-state index contributed by atoms with van der Waals surface area (Å²) in [6.45, 7) is -0.371. The van der Waals surface area contributed by atoms with Crippen molar-refractivity contribution >= 4 is 23.6 Å². The maximum absolute atomic E-state index is 12.9. The average molecular weight is 305 g/mol. The van der Waals surface area contributed by atoms with E-state index in [4.69, 9.17) is 10.2 Å². The van der Waals surface area contributed by atoms with E-state index in [9.17, 15) is 18.4 Å². The lowest BCUT2D eigenvalue weighted by atomic mass is 10.3. The second kappa shape index (κ2) is 7.81. The van der Waals surface area contributed by atoms with E-state index < -0.39 is 29.6 Å². The molecule has 0 radical (unpaired) electrons. The van der Waals surface area contributed by atoms with Crippen LogP contribution >= 0.6 is 11.8 Å². The molecule has 0 bridgehead atoms. The molecule has 0 saturated heterocycles. The van der Waals surface area contributed by atoms with Gasteiger partial charge in [-0.15, -0.1) is 11.8 Å². The second-order valence-corrected chi connectivity index (χ2v) is 5.00. The van der Waals surface area contributed by atoms with Crippen LogP contribution in [0.25, 0.3) is 0 Å². The minimum absolute atomic E-state index is 0.0655. The summed E-state index contributed by atoms with van der Waals surface area (Å²) in [4.78, 5) is 22.1. The number of carbonyl (C=O) groups excluding carboxylic acids is 1. The Morgan fingerprint density at radius 2 is 2.00 bits per heavy atom. The molecule has 3 N–H and O–H groups in total. The second-order valence-electron chi connectivity index (χ2n) is 3.83. The lowest BCUT2D eigenvalue weighted by Gasteiger charge is -2.07. The molecule has 1 aromatic carbocycles. The van der Waals surface area contributed by atoms with E-state index in [-0.39, 0.29) is 13.0 Å². The van der Waals surface area contributed by atoms with E-state index in [0.29, 0.717) is 10.6 Å². The highest BCUT2D eigenvalue weighted by Crippen LogP contribution is 2.20. The van der Waals surface area contributed by atoms with Gasteiger partial charge in [-0.2, -0.15) is 0 Å². The Morgan fingerprint density at radius 3 is 2.60 bits per heavy atom. The summed E-state index contributed by atoms with van der Waals surface area (Å²) in [5.41, 5.74) is 0. The van der Waals surface area contributed by atoms with Gasteiger partial charge >= 0.3 is 5.97 Å². The molecule has 0 saturated carbocycles. The lowest BCUT2D eigenvalue weighted by molar-refractivity contribution is -0.146. The van der Waals surface area contributed by atoms with E-state index in [1.807, 2.05) is 0 Å². The molecule has 1 rings (SSSR count). The average Bonchev–Trinajstić information content (AvgIpc) is 2.40. The van der Waals surface area contributed by atoms with Crippen LogP contribution in [0.5, 0.6) is 0 Å². The van der Waals surface area contributed by atoms with Crippen molar-refractivity contribution in [2.45, 2.75) is 17.4 Å². The van der Waals surface area contributed by atoms with Gasteiger partial charge < -0.3 is 15.5 Å². The standard InChI is InChI=1S/C12H13F2NO4S/c13-8-2-1-7(5-9(8)14)20-4-3-11(17)15-6-10(16)12(18)19/h1-2,5,10,16H,3-4,6H2,(H,15,17)(H,18,19)/t10-/m0/s1. The van der Waals surface area contributed by atoms with Crippen LogP contribution in [0.2, 0.25) is 0 Å². The third-order valence-corrected chi connectivity index (χ3v) is 3.26. The molecule has 1 amide bonds. The van der Waals surface area contributed by atoms with Crippen molar-refractivity contribution in [1.82, 2.24) is 5.32 Å². The molecule has 0 heterocycles. The highest BCUT2D eigenvalue weighted by molar-refractivity contribution is 7.99. The van der Waals surface area contributed by atoms with Gasteiger partial charge in [-0.3, -0.25) is 4.79 Å². The van der Waals surface area contributed by atoms with Crippen molar-refractivity contribution in [2.24, 2.45) is 0 Å². The van der Waals surface area contributed by atoms with E-state index >= 15 is 0 Å². The number of carboxylic acid groups (broad SMARTS) is 1. The molecule has 0 fully saturated rings. The van der Waals surface area contributed by atoms with Gasteiger partial charge in [0.05, 0.1) is 6.54 Å². The summed E-state index contributed by atoms with van der Waals surface area (Å²) in [6.07, 6.45) is -1.58. The summed E-state index contributed by atoms with van der Waals surface area (Å²) >= 11 is 1.17. The number of nitrogens with one attached hydrogen (secondary N) is 1. The molecule has 1 aromatic rings. The van der Waals surface area contributed by atoms with Crippen LogP contribution in [0.4, 0.5) is 8.78 Å². The van der Waals surface area contributed by atoms with E-state index in [1.165, 1.54) is 17.8 Å². The first kappa shape index (κ1) is 16.4. The van der Waals surface area contributed by atoms with Gasteiger partial charge in [-0.25, -0.2) is 13.6 Å². The zero-order valence-electron chi connectivity index (χ0n) is 10.3. The van der Waals surface area contributed by atoms with Gasteiger partial charge in [0.1, 0.15) is 0 Å². The number of halogens is 2. The third kappa shape index (κ3) is 5.54. The molecule has 0 aliphatic carbocycles. The Labute approximate surface area is 118 Å². The van der Waals surface area contributed by atoms with Crippen LogP contribution < -0.4 is 5.32 Å². The van der Waals surface area contributed by atoms with Gasteiger partial charge in [-0.1, -0.05) is 0 Å². The molecular formula is C12H13F2NO4S. The molecule has 110 valence electrons. The maximum atomic E-state index is 12.9. The van der Waals surface area contributed by atoms with E-state index in [2.05, 4.69) is 5.32 Å². The number of hydrogen-bond acceptors (Lipinski definition) is 4. The van der Waals surface area contributed by atoms with Crippen molar-refractivity contribution in [3.8, 4) is 0 Å². The van der Waals surface area contributed by atoms with Crippen LogP contribution in [0, 0.1) is 11.6 Å². The molecule has 0 aliphatic rings. The number of rotatable bonds is 7. The smallest absolute Gasteiger partial charge is 0.334 e. The van der Waals surface area contributed by atoms with Crippen LogP contribution in [-0.2, 0) is 9.59 Å². The fraction of sp³-hybridized carbons (Fsp3) is 0.333. The molecule has 0 unspecified atom stereocenters. The number of aliphatic carboxylic acids is 1. The van der Waals surface area contributed by atoms with Gasteiger partial charge in [0, 0.05) is 17.1 Å². The summed E-state index contributed by atoms with van der Waals surface area (Å²) in [7, 11) is 0. The van der Waals surface area contributed by atoms with Gasteiger partial charge in [0.25, 0.3) is 0 Å². The third-order valence-electron chi connectivity index (χ3n) is 2.27. The van der Waals surface area contributed by atoms with Gasteiger partial charge in [0.2, 0.25) is 5.91 Å². The Kier molecular flexibility index (Phi) is 6.40. The molecular weight excluding hydrogens is 292 g/mol. The number of carboxylic acids is 1. The van der Waals surface area contributed by atoms with E-state index in [0.717, 1.165) is 12.1 Å². The van der Waals surface area contributed by atoms with Crippen molar-refractivity contribution in [3.05, 3.63) is 29.8 Å². The highest BCUT2D eigenvalue weighted by atomic mass is 32.2.